The van der Waals surface area contributed by atoms with Crippen molar-refractivity contribution in [2.24, 2.45) is 0 Å². The van der Waals surface area contributed by atoms with Crippen molar-refractivity contribution < 1.29 is 14.3 Å². The molecule has 0 saturated carbocycles. The summed E-state index contributed by atoms with van der Waals surface area (Å²) in [7, 11) is 1.57. The molecule has 3 N–H and O–H groups in total. The van der Waals surface area contributed by atoms with Gasteiger partial charge in [-0.1, -0.05) is 36.4 Å². The summed E-state index contributed by atoms with van der Waals surface area (Å²) in [5, 5.41) is 16.2. The highest BCUT2D eigenvalue weighted by Gasteiger charge is 2.28. The predicted octanol–water partition coefficient (Wildman–Crippen LogP) is 3.61. The van der Waals surface area contributed by atoms with Crippen molar-refractivity contribution in [1.82, 2.24) is 15.5 Å². The first-order valence-corrected chi connectivity index (χ1v) is 9.78. The number of anilines is 1. The van der Waals surface area contributed by atoms with E-state index in [0.717, 1.165) is 32.9 Å². The van der Waals surface area contributed by atoms with Crippen LogP contribution in [0.5, 0.6) is 5.75 Å². The van der Waals surface area contributed by atoms with E-state index in [1.807, 2.05) is 24.3 Å². The van der Waals surface area contributed by atoms with Crippen LogP contribution in [-0.4, -0.2) is 35.2 Å². The predicted molar refractivity (Wildman–Crippen MR) is 115 cm³/mol. The highest BCUT2D eigenvalue weighted by molar-refractivity contribution is 6.06. The maximum Gasteiger partial charge on any atom is 0.247 e. The molecule has 7 heteroatoms. The van der Waals surface area contributed by atoms with Crippen molar-refractivity contribution in [3.8, 4) is 17.0 Å². The van der Waals surface area contributed by atoms with Gasteiger partial charge in [-0.2, -0.15) is 5.10 Å². The van der Waals surface area contributed by atoms with Crippen LogP contribution in [-0.2, 0) is 9.59 Å². The highest BCUT2D eigenvalue weighted by atomic mass is 16.5. The Labute approximate surface area is 172 Å². The second-order valence-electron chi connectivity index (χ2n) is 7.35. The summed E-state index contributed by atoms with van der Waals surface area (Å²) in [4.78, 5) is 24.0. The Morgan fingerprint density at radius 3 is 2.73 bits per heavy atom. The van der Waals surface area contributed by atoms with Crippen LogP contribution in [0.2, 0.25) is 0 Å². The molecule has 30 heavy (non-hydrogen) atoms. The SMILES string of the molecule is COc1c(NC(=O)[C@@H]2CCC(=O)N2)ccc2[nH]nc(-c3ccc4ccccc4c3)c12. The first-order chi connectivity index (χ1) is 14.6. The molecule has 0 spiro atoms. The number of nitrogens with zero attached hydrogens (tertiary/aromatic N) is 1. The minimum atomic E-state index is -0.526. The average molecular weight is 400 g/mol. The molecular formula is C23H20N4O3. The van der Waals surface area contributed by atoms with Crippen LogP contribution in [0, 0.1) is 0 Å². The number of hydrogen-bond acceptors (Lipinski definition) is 4. The molecule has 2 amide bonds. The van der Waals surface area contributed by atoms with Crippen molar-refractivity contribution in [3.63, 3.8) is 0 Å². The Morgan fingerprint density at radius 2 is 1.97 bits per heavy atom. The number of aromatic amines is 1. The Bertz CT molecular complexity index is 1290. The normalized spacial score (nSPS) is 16.0. The molecule has 1 aromatic heterocycles. The lowest BCUT2D eigenvalue weighted by molar-refractivity contribution is -0.122. The third kappa shape index (κ3) is 3.04. The summed E-state index contributed by atoms with van der Waals surface area (Å²) in [6.45, 7) is 0. The van der Waals surface area contributed by atoms with Crippen LogP contribution >= 0.6 is 0 Å². The van der Waals surface area contributed by atoms with Crippen LogP contribution in [0.25, 0.3) is 32.9 Å². The van der Waals surface area contributed by atoms with Gasteiger partial charge in [0.1, 0.15) is 11.7 Å². The molecule has 0 aliphatic carbocycles. The van der Waals surface area contributed by atoms with Gasteiger partial charge in [0.25, 0.3) is 0 Å². The standard InChI is InChI=1S/C23H20N4O3/c1-30-22-17(25-23(29)18-10-11-19(28)24-18)9-8-16-20(22)21(27-26-16)15-7-6-13-4-2-3-5-14(13)12-15/h2-9,12,18H,10-11H2,1H3,(H,24,28)(H,25,29)(H,26,27)/t18-/m0/s1. The first-order valence-electron chi connectivity index (χ1n) is 9.78. The topological polar surface area (TPSA) is 96.1 Å². The van der Waals surface area contributed by atoms with Crippen molar-refractivity contribution in [1.29, 1.82) is 0 Å². The van der Waals surface area contributed by atoms with Crippen molar-refractivity contribution in [2.45, 2.75) is 18.9 Å². The van der Waals surface area contributed by atoms with E-state index in [9.17, 15) is 9.59 Å². The Balaban J connectivity index is 1.57. The molecule has 3 aromatic carbocycles. The number of carbonyl (C=O) groups is 2. The molecule has 0 radical (unpaired) electrons. The zero-order valence-electron chi connectivity index (χ0n) is 16.4. The lowest BCUT2D eigenvalue weighted by Gasteiger charge is -2.15. The number of fused-ring (bicyclic) bond motifs is 2. The molecular weight excluding hydrogens is 380 g/mol. The molecule has 1 atom stereocenters. The monoisotopic (exact) mass is 400 g/mol. The third-order valence-corrected chi connectivity index (χ3v) is 5.48. The Hall–Kier alpha value is -3.87. The van der Waals surface area contributed by atoms with E-state index in [-0.39, 0.29) is 11.8 Å². The van der Waals surface area contributed by atoms with E-state index in [4.69, 9.17) is 4.74 Å². The minimum Gasteiger partial charge on any atom is -0.494 e. The second kappa shape index (κ2) is 7.18. The maximum atomic E-state index is 12.6. The van der Waals surface area contributed by atoms with Crippen LogP contribution in [0.3, 0.4) is 0 Å². The number of amides is 2. The van der Waals surface area contributed by atoms with Gasteiger partial charge in [0.15, 0.2) is 5.75 Å². The van der Waals surface area contributed by atoms with E-state index in [1.165, 1.54) is 0 Å². The molecule has 0 bridgehead atoms. The quantitative estimate of drug-likeness (QED) is 0.488. The van der Waals surface area contributed by atoms with Crippen LogP contribution < -0.4 is 15.4 Å². The molecule has 4 aromatic rings. The van der Waals surface area contributed by atoms with Gasteiger partial charge in [0, 0.05) is 12.0 Å². The fourth-order valence-electron chi connectivity index (χ4n) is 3.97. The number of hydrogen-bond donors (Lipinski definition) is 3. The van der Waals surface area contributed by atoms with Gasteiger partial charge < -0.3 is 15.4 Å². The van der Waals surface area contributed by atoms with Crippen LogP contribution in [0.15, 0.2) is 54.6 Å². The smallest absolute Gasteiger partial charge is 0.247 e. The summed E-state index contributed by atoms with van der Waals surface area (Å²) >= 11 is 0. The van der Waals surface area contributed by atoms with Gasteiger partial charge in [0.2, 0.25) is 11.8 Å². The molecule has 1 aliphatic heterocycles. The number of benzene rings is 3. The summed E-state index contributed by atoms with van der Waals surface area (Å²) in [6.07, 6.45) is 0.853. The molecule has 2 heterocycles. The summed E-state index contributed by atoms with van der Waals surface area (Å²) in [6, 6.07) is 17.4. The van der Waals surface area contributed by atoms with Crippen LogP contribution in [0.1, 0.15) is 12.8 Å². The van der Waals surface area contributed by atoms with E-state index < -0.39 is 6.04 Å². The first kappa shape index (κ1) is 18.2. The lowest BCUT2D eigenvalue weighted by atomic mass is 10.0. The van der Waals surface area contributed by atoms with E-state index in [1.54, 1.807) is 13.2 Å². The fourth-order valence-corrected chi connectivity index (χ4v) is 3.97. The number of ether oxygens (including phenoxy) is 1. The van der Waals surface area contributed by atoms with Crippen molar-refractivity contribution >= 4 is 39.2 Å². The van der Waals surface area contributed by atoms with Gasteiger partial charge in [-0.25, -0.2) is 0 Å². The lowest BCUT2D eigenvalue weighted by Crippen LogP contribution is -2.37. The summed E-state index contributed by atoms with van der Waals surface area (Å²) in [5.74, 6) is 0.169. The maximum absolute atomic E-state index is 12.6. The number of nitrogens with one attached hydrogen (secondary N) is 3. The van der Waals surface area contributed by atoms with Crippen LogP contribution in [0.4, 0.5) is 5.69 Å². The number of carbonyl (C=O) groups excluding carboxylic acids is 2. The zero-order chi connectivity index (χ0) is 20.7. The van der Waals surface area contributed by atoms with Crippen molar-refractivity contribution in [3.05, 3.63) is 54.6 Å². The van der Waals surface area contributed by atoms with Crippen molar-refractivity contribution in [2.75, 3.05) is 12.4 Å². The molecule has 7 nitrogen and oxygen atoms in total. The van der Waals surface area contributed by atoms with Gasteiger partial charge in [-0.3, -0.25) is 14.7 Å². The molecule has 0 unspecified atom stereocenters. The average Bonchev–Trinajstić information content (AvgIpc) is 3.40. The fraction of sp³-hybridized carbons (Fsp3) is 0.174. The largest absolute Gasteiger partial charge is 0.494 e. The number of rotatable bonds is 4. The number of H-pyrrole nitrogens is 1. The van der Waals surface area contributed by atoms with Gasteiger partial charge in [-0.05, 0) is 35.4 Å². The van der Waals surface area contributed by atoms with Gasteiger partial charge in [-0.15, -0.1) is 0 Å². The Morgan fingerprint density at radius 1 is 1.13 bits per heavy atom. The van der Waals surface area contributed by atoms with Gasteiger partial charge >= 0.3 is 0 Å². The van der Waals surface area contributed by atoms with E-state index in [2.05, 4.69) is 45.1 Å². The number of methoxy groups -OCH3 is 1. The summed E-state index contributed by atoms with van der Waals surface area (Å²) < 4.78 is 5.69. The third-order valence-electron chi connectivity index (χ3n) is 5.48. The summed E-state index contributed by atoms with van der Waals surface area (Å²) in [5.41, 5.74) is 3.05. The second-order valence-corrected chi connectivity index (χ2v) is 7.35. The molecule has 1 saturated heterocycles. The number of aromatic nitrogens is 2. The minimum absolute atomic E-state index is 0.106. The Kier molecular flexibility index (Phi) is 4.35. The molecule has 150 valence electrons. The molecule has 5 rings (SSSR count). The van der Waals surface area contributed by atoms with E-state index >= 15 is 0 Å². The highest BCUT2D eigenvalue weighted by Crippen LogP contribution is 2.39. The van der Waals surface area contributed by atoms with Gasteiger partial charge in [0.05, 0.1) is 23.7 Å². The molecule has 1 aliphatic rings. The zero-order valence-corrected chi connectivity index (χ0v) is 16.4. The van der Waals surface area contributed by atoms with E-state index in [0.29, 0.717) is 24.3 Å². The molecule has 1 fully saturated rings.